The molecule has 20 heavy (non-hydrogen) atoms. The molecule has 1 amide bonds. The molecular weight excluding hydrogens is 267 g/mol. The Morgan fingerprint density at radius 3 is 2.65 bits per heavy atom. The number of carbonyl (C=O) groups is 1. The summed E-state index contributed by atoms with van der Waals surface area (Å²) < 4.78 is 13.4. The van der Waals surface area contributed by atoms with Gasteiger partial charge in [0.05, 0.1) is 11.0 Å². The number of benzene rings is 1. The molecule has 0 saturated heterocycles. The normalized spacial score (nSPS) is 12.1. The van der Waals surface area contributed by atoms with Gasteiger partial charge >= 0.3 is 0 Å². The van der Waals surface area contributed by atoms with Crippen LogP contribution < -0.4 is 0 Å². The van der Waals surface area contributed by atoms with E-state index >= 15 is 0 Å². The molecule has 0 aliphatic rings. The summed E-state index contributed by atoms with van der Waals surface area (Å²) in [7, 11) is 1.45. The average molecular weight is 284 g/mol. The minimum atomic E-state index is -0.694. The first-order valence-electron chi connectivity index (χ1n) is 6.12. The van der Waals surface area contributed by atoms with Crippen molar-refractivity contribution in [2.45, 2.75) is 26.4 Å². The summed E-state index contributed by atoms with van der Waals surface area (Å²) in [5.74, 6) is -1.33. The van der Waals surface area contributed by atoms with Gasteiger partial charge in [-0.05, 0) is 32.4 Å². The molecule has 0 fully saturated rings. The Morgan fingerprint density at radius 2 is 2.15 bits per heavy atom. The third kappa shape index (κ3) is 3.74. The molecule has 0 aliphatic carbocycles. The van der Waals surface area contributed by atoms with Crippen molar-refractivity contribution in [3.63, 3.8) is 0 Å². The summed E-state index contributed by atoms with van der Waals surface area (Å²) in [6.07, 6.45) is -0.251. The van der Waals surface area contributed by atoms with Crippen molar-refractivity contribution in [3.05, 3.63) is 39.2 Å². The van der Waals surface area contributed by atoms with Gasteiger partial charge in [0, 0.05) is 19.2 Å². The number of aryl methyl sites for hydroxylation is 1. The molecule has 0 saturated carbocycles. The van der Waals surface area contributed by atoms with Gasteiger partial charge < -0.3 is 10.0 Å². The van der Waals surface area contributed by atoms with E-state index in [0.29, 0.717) is 6.42 Å². The first kappa shape index (κ1) is 16.0. The van der Waals surface area contributed by atoms with Crippen LogP contribution in [0.3, 0.4) is 0 Å². The quantitative estimate of drug-likeness (QED) is 0.661. The van der Waals surface area contributed by atoms with Gasteiger partial charge in [-0.1, -0.05) is 0 Å². The third-order valence-corrected chi connectivity index (χ3v) is 2.91. The lowest BCUT2D eigenvalue weighted by Crippen LogP contribution is -2.30. The van der Waals surface area contributed by atoms with Crippen molar-refractivity contribution < 1.29 is 19.2 Å². The van der Waals surface area contributed by atoms with Crippen LogP contribution in [0.25, 0.3) is 0 Å². The SMILES string of the molecule is Cc1cc(F)cc(C(=O)N(C)CCC(C)O)c1[N+](=O)[O-]. The summed E-state index contributed by atoms with van der Waals surface area (Å²) >= 11 is 0. The van der Waals surface area contributed by atoms with Crippen molar-refractivity contribution in [2.24, 2.45) is 0 Å². The molecule has 7 heteroatoms. The highest BCUT2D eigenvalue weighted by molar-refractivity contribution is 5.98. The van der Waals surface area contributed by atoms with Crippen LogP contribution in [-0.4, -0.2) is 40.5 Å². The van der Waals surface area contributed by atoms with Crippen LogP contribution in [0.4, 0.5) is 10.1 Å². The molecule has 1 aromatic rings. The van der Waals surface area contributed by atoms with Crippen molar-refractivity contribution >= 4 is 11.6 Å². The molecule has 0 spiro atoms. The van der Waals surface area contributed by atoms with Crippen LogP contribution in [0.15, 0.2) is 12.1 Å². The highest BCUT2D eigenvalue weighted by atomic mass is 19.1. The van der Waals surface area contributed by atoms with Crippen LogP contribution in [0.1, 0.15) is 29.3 Å². The van der Waals surface area contributed by atoms with E-state index < -0.39 is 22.8 Å². The van der Waals surface area contributed by atoms with Crippen LogP contribution >= 0.6 is 0 Å². The minimum Gasteiger partial charge on any atom is -0.393 e. The maximum atomic E-state index is 13.4. The van der Waals surface area contributed by atoms with Crippen molar-refractivity contribution in [2.75, 3.05) is 13.6 Å². The molecule has 1 unspecified atom stereocenters. The zero-order valence-electron chi connectivity index (χ0n) is 11.6. The van der Waals surface area contributed by atoms with Gasteiger partial charge in [-0.3, -0.25) is 14.9 Å². The summed E-state index contributed by atoms with van der Waals surface area (Å²) in [5, 5.41) is 20.2. The predicted molar refractivity (Wildman–Crippen MR) is 71.0 cm³/mol. The van der Waals surface area contributed by atoms with Gasteiger partial charge in [0.15, 0.2) is 0 Å². The van der Waals surface area contributed by atoms with Crippen LogP contribution in [0, 0.1) is 22.9 Å². The van der Waals surface area contributed by atoms with Gasteiger partial charge in [-0.2, -0.15) is 0 Å². The van der Waals surface area contributed by atoms with Gasteiger partial charge in [0.1, 0.15) is 11.4 Å². The number of carbonyl (C=O) groups excluding carboxylic acids is 1. The molecule has 1 rings (SSSR count). The summed E-state index contributed by atoms with van der Waals surface area (Å²) in [6.45, 7) is 3.18. The van der Waals surface area contributed by atoms with E-state index in [1.165, 1.54) is 18.9 Å². The van der Waals surface area contributed by atoms with Crippen molar-refractivity contribution in [1.82, 2.24) is 4.90 Å². The Morgan fingerprint density at radius 1 is 1.55 bits per heavy atom. The first-order chi connectivity index (χ1) is 9.23. The molecular formula is C13H17FN2O4. The van der Waals surface area contributed by atoms with E-state index in [-0.39, 0.29) is 23.4 Å². The molecule has 0 bridgehead atoms. The van der Waals surface area contributed by atoms with Gasteiger partial charge in [0.2, 0.25) is 0 Å². The lowest BCUT2D eigenvalue weighted by atomic mass is 10.1. The Kier molecular flexibility index (Phi) is 5.15. The molecule has 0 radical (unpaired) electrons. The van der Waals surface area contributed by atoms with Gasteiger partial charge in [-0.15, -0.1) is 0 Å². The fraction of sp³-hybridized carbons (Fsp3) is 0.462. The topological polar surface area (TPSA) is 83.7 Å². The Balaban J connectivity index is 3.11. The van der Waals surface area contributed by atoms with E-state index in [9.17, 15) is 24.4 Å². The minimum absolute atomic E-state index is 0.0993. The van der Waals surface area contributed by atoms with E-state index in [1.54, 1.807) is 6.92 Å². The Hall–Kier alpha value is -2.02. The monoisotopic (exact) mass is 284 g/mol. The lowest BCUT2D eigenvalue weighted by Gasteiger charge is -2.18. The first-order valence-corrected chi connectivity index (χ1v) is 6.12. The Labute approximate surface area is 116 Å². The summed E-state index contributed by atoms with van der Waals surface area (Å²) in [5.41, 5.74) is -0.567. The standard InChI is InChI=1S/C13H17FN2O4/c1-8-6-10(14)7-11(12(8)16(19)20)13(18)15(3)5-4-9(2)17/h6-7,9,17H,4-5H2,1-3H3. The van der Waals surface area contributed by atoms with Crippen LogP contribution in [0.5, 0.6) is 0 Å². The van der Waals surface area contributed by atoms with E-state index in [0.717, 1.165) is 12.1 Å². The van der Waals surface area contributed by atoms with E-state index in [1.807, 2.05) is 0 Å². The second-order valence-corrected chi connectivity index (χ2v) is 4.74. The fourth-order valence-electron chi connectivity index (χ4n) is 1.83. The number of nitro groups is 1. The fourth-order valence-corrected chi connectivity index (χ4v) is 1.83. The summed E-state index contributed by atoms with van der Waals surface area (Å²) in [4.78, 5) is 23.7. The predicted octanol–water partition coefficient (Wildman–Crippen LogP) is 1.89. The molecule has 1 aromatic carbocycles. The molecule has 6 nitrogen and oxygen atoms in total. The van der Waals surface area contributed by atoms with Crippen LogP contribution in [-0.2, 0) is 0 Å². The van der Waals surface area contributed by atoms with E-state index in [2.05, 4.69) is 0 Å². The molecule has 0 aliphatic heterocycles. The molecule has 1 N–H and O–H groups in total. The number of aliphatic hydroxyl groups excluding tert-OH is 1. The lowest BCUT2D eigenvalue weighted by molar-refractivity contribution is -0.385. The molecule has 110 valence electrons. The average Bonchev–Trinajstić information content (AvgIpc) is 2.33. The highest BCUT2D eigenvalue weighted by Crippen LogP contribution is 2.25. The van der Waals surface area contributed by atoms with Crippen molar-refractivity contribution in [3.8, 4) is 0 Å². The molecule has 0 heterocycles. The summed E-state index contributed by atoms with van der Waals surface area (Å²) in [6, 6.07) is 1.89. The zero-order valence-corrected chi connectivity index (χ0v) is 11.6. The number of rotatable bonds is 5. The largest absolute Gasteiger partial charge is 0.393 e. The Bertz CT molecular complexity index is 531. The highest BCUT2D eigenvalue weighted by Gasteiger charge is 2.26. The second-order valence-electron chi connectivity index (χ2n) is 4.74. The maximum absolute atomic E-state index is 13.4. The van der Waals surface area contributed by atoms with E-state index in [4.69, 9.17) is 0 Å². The zero-order chi connectivity index (χ0) is 15.4. The number of nitrogens with zero attached hydrogens (tertiary/aromatic N) is 2. The number of hydrogen-bond donors (Lipinski definition) is 1. The van der Waals surface area contributed by atoms with Gasteiger partial charge in [0.25, 0.3) is 11.6 Å². The number of aliphatic hydroxyl groups is 1. The van der Waals surface area contributed by atoms with Crippen molar-refractivity contribution in [1.29, 1.82) is 0 Å². The third-order valence-electron chi connectivity index (χ3n) is 2.91. The molecule has 1 atom stereocenters. The molecule has 0 aromatic heterocycles. The number of hydrogen-bond acceptors (Lipinski definition) is 4. The number of nitro benzene ring substituents is 1. The van der Waals surface area contributed by atoms with Crippen LogP contribution in [0.2, 0.25) is 0 Å². The maximum Gasteiger partial charge on any atom is 0.285 e. The smallest absolute Gasteiger partial charge is 0.285 e. The number of amides is 1. The number of halogens is 1. The second kappa shape index (κ2) is 6.42. The van der Waals surface area contributed by atoms with Gasteiger partial charge in [-0.25, -0.2) is 4.39 Å².